The molecule has 2 saturated carbocycles. The van der Waals surface area contributed by atoms with Gasteiger partial charge in [-0.1, -0.05) is 124 Å². The summed E-state index contributed by atoms with van der Waals surface area (Å²) in [6.45, 7) is 23.0. The van der Waals surface area contributed by atoms with Gasteiger partial charge in [-0.3, -0.25) is 0 Å². The Morgan fingerprint density at radius 2 is 1.03 bits per heavy atom. The smallest absolute Gasteiger partial charge is 0.0116 e. The van der Waals surface area contributed by atoms with Gasteiger partial charge in [-0.2, -0.15) is 0 Å². The van der Waals surface area contributed by atoms with Gasteiger partial charge in [0.2, 0.25) is 0 Å². The Kier molecular flexibility index (Phi) is 13.8. The molecule has 0 nitrogen and oxygen atoms in total. The van der Waals surface area contributed by atoms with Crippen LogP contribution in [-0.4, -0.2) is 0 Å². The maximum Gasteiger partial charge on any atom is -0.0116 e. The number of allylic oxidation sites excluding steroid dienone is 2. The lowest BCUT2D eigenvalue weighted by molar-refractivity contribution is 0.240. The Labute approximate surface area is 235 Å². The number of hydrogen-bond acceptors (Lipinski definition) is 0. The monoisotopic (exact) mass is 515 g/mol. The summed E-state index contributed by atoms with van der Waals surface area (Å²) in [7, 11) is 0. The van der Waals surface area contributed by atoms with Crippen molar-refractivity contribution in [3.05, 3.63) is 11.1 Å². The molecule has 2 aliphatic rings. The van der Waals surface area contributed by atoms with E-state index in [1.165, 1.54) is 128 Å². The molecule has 0 aromatic heterocycles. The normalized spacial score (nSPS) is 35.8. The van der Waals surface area contributed by atoms with E-state index < -0.39 is 0 Å². The van der Waals surface area contributed by atoms with E-state index in [0.717, 1.165) is 17.8 Å². The topological polar surface area (TPSA) is 0 Å². The van der Waals surface area contributed by atoms with Gasteiger partial charge in [-0.05, 0) is 112 Å². The SMILES string of the molecule is CC(=C1CCCCCC(C)CCCC(C)(C)CCC1)C1(C)CCCCC(C)(C)CCC(C)C(C)CCC1. The van der Waals surface area contributed by atoms with Crippen LogP contribution >= 0.6 is 0 Å². The van der Waals surface area contributed by atoms with E-state index in [1.807, 2.05) is 11.1 Å². The maximum absolute atomic E-state index is 2.67. The van der Waals surface area contributed by atoms with Crippen LogP contribution in [0.1, 0.15) is 191 Å². The van der Waals surface area contributed by atoms with Gasteiger partial charge in [0.15, 0.2) is 0 Å². The van der Waals surface area contributed by atoms with Gasteiger partial charge < -0.3 is 0 Å². The van der Waals surface area contributed by atoms with Gasteiger partial charge in [0, 0.05) is 0 Å². The Bertz CT molecular complexity index is 664. The zero-order valence-corrected chi connectivity index (χ0v) is 27.4. The van der Waals surface area contributed by atoms with E-state index in [1.54, 1.807) is 0 Å². The molecule has 2 rings (SSSR count). The second-order valence-corrected chi connectivity index (χ2v) is 16.2. The highest BCUT2D eigenvalue weighted by Gasteiger charge is 2.30. The first-order valence-corrected chi connectivity index (χ1v) is 17.0. The van der Waals surface area contributed by atoms with Crippen molar-refractivity contribution in [2.75, 3.05) is 0 Å². The van der Waals surface area contributed by atoms with Crippen molar-refractivity contribution in [3.63, 3.8) is 0 Å². The molecule has 0 aliphatic heterocycles. The van der Waals surface area contributed by atoms with E-state index >= 15 is 0 Å². The summed E-state index contributed by atoms with van der Waals surface area (Å²) in [5.74, 6) is 2.66. The molecule has 0 bridgehead atoms. The van der Waals surface area contributed by atoms with Crippen molar-refractivity contribution < 1.29 is 0 Å². The van der Waals surface area contributed by atoms with Crippen molar-refractivity contribution in [1.29, 1.82) is 0 Å². The van der Waals surface area contributed by atoms with Gasteiger partial charge in [0.05, 0.1) is 0 Å². The summed E-state index contributed by atoms with van der Waals surface area (Å²) >= 11 is 0. The van der Waals surface area contributed by atoms with E-state index in [9.17, 15) is 0 Å². The Balaban J connectivity index is 2.21. The molecule has 0 radical (unpaired) electrons. The molecule has 0 heterocycles. The van der Waals surface area contributed by atoms with Crippen LogP contribution in [0, 0.1) is 34.0 Å². The van der Waals surface area contributed by atoms with E-state index in [0.29, 0.717) is 16.2 Å². The Hall–Kier alpha value is -0.260. The molecule has 2 fully saturated rings. The molecule has 0 N–H and O–H groups in total. The quantitative estimate of drug-likeness (QED) is 0.305. The first-order chi connectivity index (χ1) is 17.3. The lowest BCUT2D eigenvalue weighted by Gasteiger charge is -2.35. The van der Waals surface area contributed by atoms with E-state index in [-0.39, 0.29) is 0 Å². The molecule has 4 atom stereocenters. The summed E-state index contributed by atoms with van der Waals surface area (Å²) in [5, 5.41) is 0. The minimum atomic E-state index is 0.409. The fraction of sp³-hybridized carbons (Fsp3) is 0.946. The molecular weight excluding hydrogens is 444 g/mol. The molecule has 0 aromatic rings. The molecule has 0 spiro atoms. The van der Waals surface area contributed by atoms with Crippen LogP contribution < -0.4 is 0 Å². The third-order valence-corrected chi connectivity index (χ3v) is 11.5. The van der Waals surface area contributed by atoms with Crippen LogP contribution in [0.25, 0.3) is 0 Å². The molecule has 0 aromatic carbocycles. The molecule has 0 amide bonds. The summed E-state index contributed by atoms with van der Waals surface area (Å²) < 4.78 is 0. The van der Waals surface area contributed by atoms with Crippen molar-refractivity contribution in [2.45, 2.75) is 191 Å². The number of rotatable bonds is 1. The summed E-state index contributed by atoms with van der Waals surface area (Å²) in [5.41, 5.74) is 5.13. The molecule has 0 heteroatoms. The van der Waals surface area contributed by atoms with Crippen LogP contribution in [0.3, 0.4) is 0 Å². The Morgan fingerprint density at radius 1 is 0.514 bits per heavy atom. The lowest BCUT2D eigenvalue weighted by Crippen LogP contribution is -2.21. The van der Waals surface area contributed by atoms with Crippen LogP contribution in [-0.2, 0) is 0 Å². The van der Waals surface area contributed by atoms with E-state index in [4.69, 9.17) is 0 Å². The summed E-state index contributed by atoms with van der Waals surface area (Å²) in [4.78, 5) is 0. The minimum absolute atomic E-state index is 0.409. The zero-order chi connectivity index (χ0) is 27.5. The van der Waals surface area contributed by atoms with Gasteiger partial charge >= 0.3 is 0 Å². The van der Waals surface area contributed by atoms with Crippen molar-refractivity contribution in [2.24, 2.45) is 34.0 Å². The van der Waals surface area contributed by atoms with Crippen molar-refractivity contribution in [3.8, 4) is 0 Å². The molecular formula is C37H70. The average Bonchev–Trinajstić information content (AvgIpc) is 2.83. The summed E-state index contributed by atoms with van der Waals surface area (Å²) in [6, 6.07) is 0. The van der Waals surface area contributed by atoms with Crippen molar-refractivity contribution in [1.82, 2.24) is 0 Å². The van der Waals surface area contributed by atoms with E-state index in [2.05, 4.69) is 62.3 Å². The second-order valence-electron chi connectivity index (χ2n) is 16.2. The largest absolute Gasteiger partial charge is 0.0707 e. The first-order valence-electron chi connectivity index (χ1n) is 17.0. The fourth-order valence-electron chi connectivity index (χ4n) is 7.66. The van der Waals surface area contributed by atoms with Gasteiger partial charge in [0.1, 0.15) is 0 Å². The Morgan fingerprint density at radius 3 is 1.78 bits per heavy atom. The van der Waals surface area contributed by atoms with Crippen LogP contribution in [0.4, 0.5) is 0 Å². The predicted molar refractivity (Wildman–Crippen MR) is 168 cm³/mol. The molecule has 4 unspecified atom stereocenters. The highest BCUT2D eigenvalue weighted by molar-refractivity contribution is 5.20. The van der Waals surface area contributed by atoms with Gasteiger partial charge in [-0.25, -0.2) is 0 Å². The van der Waals surface area contributed by atoms with Crippen molar-refractivity contribution >= 4 is 0 Å². The highest BCUT2D eigenvalue weighted by Crippen LogP contribution is 2.44. The molecule has 218 valence electrons. The first kappa shape index (κ1) is 32.9. The van der Waals surface area contributed by atoms with Crippen LogP contribution in [0.5, 0.6) is 0 Å². The van der Waals surface area contributed by atoms with Crippen LogP contribution in [0.2, 0.25) is 0 Å². The molecule has 2 aliphatic carbocycles. The average molecular weight is 515 g/mol. The minimum Gasteiger partial charge on any atom is -0.0707 e. The molecule has 37 heavy (non-hydrogen) atoms. The third-order valence-electron chi connectivity index (χ3n) is 11.5. The van der Waals surface area contributed by atoms with Gasteiger partial charge in [-0.15, -0.1) is 0 Å². The van der Waals surface area contributed by atoms with Crippen LogP contribution in [0.15, 0.2) is 11.1 Å². The number of hydrogen-bond donors (Lipinski definition) is 0. The molecule has 0 saturated heterocycles. The van der Waals surface area contributed by atoms with Gasteiger partial charge in [0.25, 0.3) is 0 Å². The standard InChI is InChI=1S/C37H70/c1-30-18-11-10-12-21-34(22-17-26-35(5,6)25-15-19-30)33(4)37(9)27-14-13-24-36(7,8)29-23-32(3)31(2)20-16-28-37/h30-32H,10-29H2,1-9H3. The second kappa shape index (κ2) is 15.5. The predicted octanol–water partition coefficient (Wildman–Crippen LogP) is 13.1. The summed E-state index contributed by atoms with van der Waals surface area (Å²) in [6.07, 6.45) is 28.3. The maximum atomic E-state index is 2.67. The zero-order valence-electron chi connectivity index (χ0n) is 27.4. The third kappa shape index (κ3) is 12.2. The lowest BCUT2D eigenvalue weighted by atomic mass is 9.70. The fourth-order valence-corrected chi connectivity index (χ4v) is 7.66. The highest BCUT2D eigenvalue weighted by atomic mass is 14.4.